The van der Waals surface area contributed by atoms with Gasteiger partial charge in [-0.2, -0.15) is 0 Å². The van der Waals surface area contributed by atoms with Gasteiger partial charge in [-0.25, -0.2) is 4.79 Å². The third-order valence-corrected chi connectivity index (χ3v) is 4.20. The van der Waals surface area contributed by atoms with Crippen molar-refractivity contribution in [3.63, 3.8) is 0 Å². The fourth-order valence-corrected chi connectivity index (χ4v) is 2.99. The minimum atomic E-state index is 0.0367. The Hall–Kier alpha value is -2.43. The van der Waals surface area contributed by atoms with Gasteiger partial charge in [0.15, 0.2) is 0 Å². The molecule has 0 aromatic carbocycles. The minimum Gasteiger partial charge on any atom is -0.338 e. The normalized spacial score (nSPS) is 17.2. The van der Waals surface area contributed by atoms with Gasteiger partial charge >= 0.3 is 6.03 Å². The highest BCUT2D eigenvalue weighted by atomic mass is 16.2. The van der Waals surface area contributed by atoms with Crippen molar-refractivity contribution < 1.29 is 4.79 Å². The molecular formula is C18H22N4O. The van der Waals surface area contributed by atoms with E-state index in [9.17, 15) is 4.79 Å². The van der Waals surface area contributed by atoms with Crippen LogP contribution in [-0.4, -0.2) is 40.5 Å². The van der Waals surface area contributed by atoms with E-state index in [0.717, 1.165) is 38.0 Å². The zero-order valence-electron chi connectivity index (χ0n) is 13.2. The number of hydrogen-bond donors (Lipinski definition) is 1. The van der Waals surface area contributed by atoms with E-state index in [0.29, 0.717) is 12.5 Å². The summed E-state index contributed by atoms with van der Waals surface area (Å²) in [6.07, 6.45) is 8.30. The SMILES string of the molecule is O=C(NCCc1ccccn1)N1CCC(Cc2cccnc2)C1. The van der Waals surface area contributed by atoms with E-state index in [1.807, 2.05) is 35.4 Å². The van der Waals surface area contributed by atoms with E-state index in [-0.39, 0.29) is 6.03 Å². The fraction of sp³-hybridized carbons (Fsp3) is 0.389. The van der Waals surface area contributed by atoms with Crippen LogP contribution in [0.25, 0.3) is 0 Å². The van der Waals surface area contributed by atoms with Crippen LogP contribution in [-0.2, 0) is 12.8 Å². The third-order valence-electron chi connectivity index (χ3n) is 4.20. The molecule has 23 heavy (non-hydrogen) atoms. The first kappa shape index (κ1) is 15.5. The summed E-state index contributed by atoms with van der Waals surface area (Å²) in [7, 11) is 0. The number of rotatable bonds is 5. The second-order valence-corrected chi connectivity index (χ2v) is 5.97. The van der Waals surface area contributed by atoms with Crippen LogP contribution >= 0.6 is 0 Å². The van der Waals surface area contributed by atoms with Crippen LogP contribution < -0.4 is 5.32 Å². The first-order valence-electron chi connectivity index (χ1n) is 8.13. The lowest BCUT2D eigenvalue weighted by Crippen LogP contribution is -2.39. The Morgan fingerprint density at radius 3 is 3.00 bits per heavy atom. The molecule has 1 fully saturated rings. The standard InChI is InChI=1S/C18H22N4O/c23-18(21-10-6-17-5-1-2-9-20-17)22-11-7-16(14-22)12-15-4-3-8-19-13-15/h1-5,8-9,13,16H,6-7,10-12,14H2,(H,21,23). The molecular weight excluding hydrogens is 288 g/mol. The van der Waals surface area contributed by atoms with E-state index in [2.05, 4.69) is 21.4 Å². The average Bonchev–Trinajstić information content (AvgIpc) is 3.05. The van der Waals surface area contributed by atoms with Crippen LogP contribution in [0.4, 0.5) is 4.79 Å². The van der Waals surface area contributed by atoms with Crippen molar-refractivity contribution in [3.8, 4) is 0 Å². The van der Waals surface area contributed by atoms with Crippen LogP contribution in [0.1, 0.15) is 17.7 Å². The molecule has 1 aliphatic heterocycles. The molecule has 5 heteroatoms. The minimum absolute atomic E-state index is 0.0367. The van der Waals surface area contributed by atoms with Crippen molar-refractivity contribution in [2.24, 2.45) is 5.92 Å². The molecule has 2 aromatic heterocycles. The molecule has 0 saturated carbocycles. The Morgan fingerprint density at radius 1 is 1.26 bits per heavy atom. The third kappa shape index (κ3) is 4.52. The van der Waals surface area contributed by atoms with Crippen LogP contribution in [0.3, 0.4) is 0 Å². The summed E-state index contributed by atoms with van der Waals surface area (Å²) in [6, 6.07) is 9.94. The number of nitrogens with zero attached hydrogens (tertiary/aromatic N) is 3. The molecule has 0 spiro atoms. The summed E-state index contributed by atoms with van der Waals surface area (Å²) in [5, 5.41) is 2.99. The van der Waals surface area contributed by atoms with Crippen molar-refractivity contribution in [2.75, 3.05) is 19.6 Å². The molecule has 2 amide bonds. The number of nitrogens with one attached hydrogen (secondary N) is 1. The van der Waals surface area contributed by atoms with Gasteiger partial charge in [0.25, 0.3) is 0 Å². The van der Waals surface area contributed by atoms with E-state index in [1.165, 1.54) is 5.56 Å². The smallest absolute Gasteiger partial charge is 0.317 e. The zero-order chi connectivity index (χ0) is 15.9. The van der Waals surface area contributed by atoms with E-state index < -0.39 is 0 Å². The van der Waals surface area contributed by atoms with Crippen molar-refractivity contribution in [3.05, 3.63) is 60.2 Å². The molecule has 0 radical (unpaired) electrons. The summed E-state index contributed by atoms with van der Waals surface area (Å²) >= 11 is 0. The molecule has 1 saturated heterocycles. The van der Waals surface area contributed by atoms with Gasteiger partial charge in [0.2, 0.25) is 0 Å². The maximum Gasteiger partial charge on any atom is 0.317 e. The van der Waals surface area contributed by atoms with Crippen molar-refractivity contribution in [1.82, 2.24) is 20.2 Å². The van der Waals surface area contributed by atoms with Crippen LogP contribution in [0.2, 0.25) is 0 Å². The van der Waals surface area contributed by atoms with Crippen LogP contribution in [0.5, 0.6) is 0 Å². The highest BCUT2D eigenvalue weighted by Gasteiger charge is 2.26. The number of urea groups is 1. The molecule has 2 aromatic rings. The van der Waals surface area contributed by atoms with Gasteiger partial charge in [-0.05, 0) is 42.5 Å². The number of likely N-dealkylation sites (tertiary alicyclic amines) is 1. The maximum atomic E-state index is 12.2. The molecule has 3 rings (SSSR count). The van der Waals surface area contributed by atoms with Crippen molar-refractivity contribution >= 4 is 6.03 Å². The highest BCUT2D eigenvalue weighted by molar-refractivity contribution is 5.74. The Labute approximate surface area is 136 Å². The number of carbonyl (C=O) groups is 1. The van der Waals surface area contributed by atoms with E-state index >= 15 is 0 Å². The number of pyridine rings is 2. The number of hydrogen-bond acceptors (Lipinski definition) is 3. The van der Waals surface area contributed by atoms with Crippen molar-refractivity contribution in [1.29, 1.82) is 0 Å². The first-order chi connectivity index (χ1) is 11.3. The Kier molecular flexibility index (Phi) is 5.19. The predicted molar refractivity (Wildman–Crippen MR) is 89.0 cm³/mol. The Bertz CT molecular complexity index is 617. The van der Waals surface area contributed by atoms with E-state index in [4.69, 9.17) is 0 Å². The number of amides is 2. The van der Waals surface area contributed by atoms with Crippen molar-refractivity contribution in [2.45, 2.75) is 19.3 Å². The van der Waals surface area contributed by atoms with Gasteiger partial charge in [0.05, 0.1) is 0 Å². The topological polar surface area (TPSA) is 58.1 Å². The molecule has 1 N–H and O–H groups in total. The average molecular weight is 310 g/mol. The fourth-order valence-electron chi connectivity index (χ4n) is 2.99. The second kappa shape index (κ2) is 7.72. The lowest BCUT2D eigenvalue weighted by atomic mass is 10.0. The maximum absolute atomic E-state index is 12.2. The number of carbonyl (C=O) groups excluding carboxylic acids is 1. The van der Waals surface area contributed by atoms with Crippen LogP contribution in [0.15, 0.2) is 48.9 Å². The molecule has 1 unspecified atom stereocenters. The van der Waals surface area contributed by atoms with Gasteiger partial charge in [-0.1, -0.05) is 12.1 Å². The first-order valence-corrected chi connectivity index (χ1v) is 8.13. The van der Waals surface area contributed by atoms with Crippen LogP contribution in [0, 0.1) is 5.92 Å². The van der Waals surface area contributed by atoms with Gasteiger partial charge in [0, 0.05) is 50.3 Å². The predicted octanol–water partition coefficient (Wildman–Crippen LogP) is 2.29. The quantitative estimate of drug-likeness (QED) is 0.922. The second-order valence-electron chi connectivity index (χ2n) is 5.97. The largest absolute Gasteiger partial charge is 0.338 e. The van der Waals surface area contributed by atoms with Gasteiger partial charge in [-0.15, -0.1) is 0 Å². The molecule has 0 bridgehead atoms. The summed E-state index contributed by atoms with van der Waals surface area (Å²) < 4.78 is 0. The number of aromatic nitrogens is 2. The lowest BCUT2D eigenvalue weighted by molar-refractivity contribution is 0.207. The lowest BCUT2D eigenvalue weighted by Gasteiger charge is -2.17. The molecule has 1 atom stereocenters. The summed E-state index contributed by atoms with van der Waals surface area (Å²) in [5.41, 5.74) is 2.25. The van der Waals surface area contributed by atoms with E-state index in [1.54, 1.807) is 12.4 Å². The summed E-state index contributed by atoms with van der Waals surface area (Å²) in [4.78, 5) is 22.5. The summed E-state index contributed by atoms with van der Waals surface area (Å²) in [6.45, 7) is 2.28. The van der Waals surface area contributed by atoms with Gasteiger partial charge in [0.1, 0.15) is 0 Å². The van der Waals surface area contributed by atoms with Gasteiger partial charge in [-0.3, -0.25) is 9.97 Å². The molecule has 120 valence electrons. The Morgan fingerprint density at radius 2 is 2.22 bits per heavy atom. The molecule has 5 nitrogen and oxygen atoms in total. The molecule has 1 aliphatic rings. The summed E-state index contributed by atoms with van der Waals surface area (Å²) in [5.74, 6) is 0.528. The highest BCUT2D eigenvalue weighted by Crippen LogP contribution is 2.20. The zero-order valence-corrected chi connectivity index (χ0v) is 13.2. The van der Waals surface area contributed by atoms with Gasteiger partial charge < -0.3 is 10.2 Å². The monoisotopic (exact) mass is 310 g/mol. The molecule has 3 heterocycles. The molecule has 0 aliphatic carbocycles. The Balaban J connectivity index is 1.41.